The lowest BCUT2D eigenvalue weighted by molar-refractivity contribution is -0.135. The standard InChI is InChI=1S/C20H29N5O2/c1-2-17(26)24-10-3-7-20(18(27)23-11-15-5-6-15)14-25(13-16(20)12-24)19-21-8-4-9-22-19/h4,8-9,15-16H,2-3,5-7,10-14H2,1H3,(H,23,27)/t16-,20-/m0/s1. The van der Waals surface area contributed by atoms with E-state index in [4.69, 9.17) is 0 Å². The maximum Gasteiger partial charge on any atom is 0.228 e. The van der Waals surface area contributed by atoms with Crippen LogP contribution in [0.3, 0.4) is 0 Å². The van der Waals surface area contributed by atoms with E-state index in [9.17, 15) is 9.59 Å². The van der Waals surface area contributed by atoms with E-state index < -0.39 is 5.41 Å². The molecule has 0 radical (unpaired) electrons. The van der Waals surface area contributed by atoms with Crippen LogP contribution in [0.25, 0.3) is 0 Å². The quantitative estimate of drug-likeness (QED) is 0.848. The van der Waals surface area contributed by atoms with E-state index in [0.717, 1.165) is 25.9 Å². The number of nitrogens with zero attached hydrogens (tertiary/aromatic N) is 4. The molecular weight excluding hydrogens is 342 g/mol. The first-order valence-corrected chi connectivity index (χ1v) is 10.2. The first kappa shape index (κ1) is 18.2. The highest BCUT2D eigenvalue weighted by molar-refractivity contribution is 5.85. The third-order valence-corrected chi connectivity index (χ3v) is 6.38. The van der Waals surface area contributed by atoms with Crippen LogP contribution < -0.4 is 10.2 Å². The lowest BCUT2D eigenvalue weighted by atomic mass is 9.74. The van der Waals surface area contributed by atoms with Gasteiger partial charge in [-0.15, -0.1) is 0 Å². The Morgan fingerprint density at radius 3 is 2.74 bits per heavy atom. The molecule has 27 heavy (non-hydrogen) atoms. The first-order chi connectivity index (χ1) is 13.1. The van der Waals surface area contributed by atoms with Crippen LogP contribution in [0.2, 0.25) is 0 Å². The second-order valence-corrected chi connectivity index (χ2v) is 8.23. The number of hydrogen-bond donors (Lipinski definition) is 1. The van der Waals surface area contributed by atoms with Crippen molar-refractivity contribution in [2.45, 2.75) is 39.0 Å². The summed E-state index contributed by atoms with van der Waals surface area (Å²) in [6.07, 6.45) is 8.11. The van der Waals surface area contributed by atoms with Crippen molar-refractivity contribution < 1.29 is 9.59 Å². The van der Waals surface area contributed by atoms with Gasteiger partial charge in [-0.2, -0.15) is 0 Å². The van der Waals surface area contributed by atoms with Crippen molar-refractivity contribution in [1.29, 1.82) is 0 Å². The Kier molecular flexibility index (Phi) is 5.02. The number of hydrogen-bond acceptors (Lipinski definition) is 5. The normalized spacial score (nSPS) is 27.8. The molecule has 146 valence electrons. The molecule has 0 unspecified atom stereocenters. The van der Waals surface area contributed by atoms with Gasteiger partial charge in [0.05, 0.1) is 5.41 Å². The van der Waals surface area contributed by atoms with Gasteiger partial charge in [0.15, 0.2) is 0 Å². The molecule has 7 heteroatoms. The molecule has 2 amide bonds. The lowest BCUT2D eigenvalue weighted by Gasteiger charge is -2.32. The Bertz CT molecular complexity index is 693. The number of carbonyl (C=O) groups is 2. The number of rotatable bonds is 5. The zero-order valence-corrected chi connectivity index (χ0v) is 16.1. The van der Waals surface area contributed by atoms with Crippen LogP contribution in [0.4, 0.5) is 5.95 Å². The highest BCUT2D eigenvalue weighted by Crippen LogP contribution is 2.44. The van der Waals surface area contributed by atoms with Crippen LogP contribution in [0, 0.1) is 17.3 Å². The SMILES string of the molecule is CCC(=O)N1CCC[C@]2(C(=O)NCC3CC3)CN(c3ncccn3)C[C@@H]2C1. The summed E-state index contributed by atoms with van der Waals surface area (Å²) in [7, 11) is 0. The zero-order chi connectivity index (χ0) is 18.9. The van der Waals surface area contributed by atoms with Gasteiger partial charge in [0.25, 0.3) is 0 Å². The molecule has 7 nitrogen and oxygen atoms in total. The number of likely N-dealkylation sites (tertiary alicyclic amines) is 1. The Hall–Kier alpha value is -2.18. The fraction of sp³-hybridized carbons (Fsp3) is 0.700. The molecule has 1 aromatic rings. The fourth-order valence-corrected chi connectivity index (χ4v) is 4.60. The van der Waals surface area contributed by atoms with Gasteiger partial charge in [-0.25, -0.2) is 9.97 Å². The van der Waals surface area contributed by atoms with E-state index >= 15 is 0 Å². The van der Waals surface area contributed by atoms with E-state index in [1.807, 2.05) is 11.8 Å². The van der Waals surface area contributed by atoms with Crippen molar-refractivity contribution in [3.63, 3.8) is 0 Å². The largest absolute Gasteiger partial charge is 0.355 e. The number of amides is 2. The van der Waals surface area contributed by atoms with E-state index in [-0.39, 0.29) is 17.7 Å². The smallest absolute Gasteiger partial charge is 0.228 e. The molecule has 4 rings (SSSR count). The molecular formula is C20H29N5O2. The molecule has 0 bridgehead atoms. The summed E-state index contributed by atoms with van der Waals surface area (Å²) < 4.78 is 0. The van der Waals surface area contributed by atoms with Crippen molar-refractivity contribution in [2.24, 2.45) is 17.3 Å². The van der Waals surface area contributed by atoms with Gasteiger partial charge < -0.3 is 15.1 Å². The molecule has 0 spiro atoms. The van der Waals surface area contributed by atoms with Gasteiger partial charge in [0.1, 0.15) is 0 Å². The maximum atomic E-state index is 13.3. The summed E-state index contributed by atoms with van der Waals surface area (Å²) >= 11 is 0. The summed E-state index contributed by atoms with van der Waals surface area (Å²) in [5.74, 6) is 1.77. The summed E-state index contributed by atoms with van der Waals surface area (Å²) in [6.45, 7) is 5.44. The number of nitrogens with one attached hydrogen (secondary N) is 1. The van der Waals surface area contributed by atoms with Crippen LogP contribution in [0.15, 0.2) is 18.5 Å². The second-order valence-electron chi connectivity index (χ2n) is 8.23. The Morgan fingerprint density at radius 2 is 2.04 bits per heavy atom. The molecule has 1 aliphatic carbocycles. The Labute approximate surface area is 160 Å². The molecule has 3 fully saturated rings. The van der Waals surface area contributed by atoms with Crippen molar-refractivity contribution in [3.05, 3.63) is 18.5 Å². The van der Waals surface area contributed by atoms with Gasteiger partial charge >= 0.3 is 0 Å². The Morgan fingerprint density at radius 1 is 1.26 bits per heavy atom. The molecule has 2 saturated heterocycles. The van der Waals surface area contributed by atoms with Crippen LogP contribution in [0.5, 0.6) is 0 Å². The summed E-state index contributed by atoms with van der Waals surface area (Å²) in [5, 5.41) is 3.22. The monoisotopic (exact) mass is 371 g/mol. The molecule has 3 heterocycles. The predicted molar refractivity (Wildman–Crippen MR) is 102 cm³/mol. The van der Waals surface area contributed by atoms with Crippen LogP contribution in [-0.4, -0.2) is 59.4 Å². The van der Waals surface area contributed by atoms with Crippen LogP contribution >= 0.6 is 0 Å². The number of anilines is 1. The molecule has 1 aromatic heterocycles. The molecule has 2 aliphatic heterocycles. The average molecular weight is 371 g/mol. The molecule has 3 aliphatic rings. The highest BCUT2D eigenvalue weighted by Gasteiger charge is 2.54. The fourth-order valence-electron chi connectivity index (χ4n) is 4.60. The first-order valence-electron chi connectivity index (χ1n) is 10.2. The predicted octanol–water partition coefficient (Wildman–Crippen LogP) is 1.46. The van der Waals surface area contributed by atoms with Gasteiger partial charge in [-0.05, 0) is 37.7 Å². The maximum absolute atomic E-state index is 13.3. The number of aromatic nitrogens is 2. The highest BCUT2D eigenvalue weighted by atomic mass is 16.2. The van der Waals surface area contributed by atoms with Crippen molar-refractivity contribution >= 4 is 17.8 Å². The van der Waals surface area contributed by atoms with Crippen molar-refractivity contribution in [1.82, 2.24) is 20.2 Å². The van der Waals surface area contributed by atoms with Gasteiger partial charge in [-0.3, -0.25) is 9.59 Å². The third kappa shape index (κ3) is 3.64. The van der Waals surface area contributed by atoms with Gasteiger partial charge in [0.2, 0.25) is 17.8 Å². The minimum Gasteiger partial charge on any atom is -0.355 e. The van der Waals surface area contributed by atoms with Crippen molar-refractivity contribution in [3.8, 4) is 0 Å². The number of fused-ring (bicyclic) bond motifs is 1. The topological polar surface area (TPSA) is 78.4 Å². The van der Waals surface area contributed by atoms with Crippen LogP contribution in [0.1, 0.15) is 39.0 Å². The van der Waals surface area contributed by atoms with Crippen LogP contribution in [-0.2, 0) is 9.59 Å². The molecule has 2 atom stereocenters. The molecule has 0 aromatic carbocycles. The van der Waals surface area contributed by atoms with E-state index in [1.54, 1.807) is 18.5 Å². The van der Waals surface area contributed by atoms with E-state index in [0.29, 0.717) is 37.9 Å². The van der Waals surface area contributed by atoms with E-state index in [2.05, 4.69) is 20.2 Å². The minimum atomic E-state index is -0.461. The summed E-state index contributed by atoms with van der Waals surface area (Å²) in [6, 6.07) is 1.80. The van der Waals surface area contributed by atoms with Crippen molar-refractivity contribution in [2.75, 3.05) is 37.6 Å². The number of carbonyl (C=O) groups excluding carboxylic acids is 2. The summed E-state index contributed by atoms with van der Waals surface area (Å²) in [5.41, 5.74) is -0.461. The molecule has 1 N–H and O–H groups in total. The zero-order valence-electron chi connectivity index (χ0n) is 16.1. The third-order valence-electron chi connectivity index (χ3n) is 6.38. The molecule has 1 saturated carbocycles. The summed E-state index contributed by atoms with van der Waals surface area (Å²) in [4.78, 5) is 38.5. The second kappa shape index (κ2) is 7.44. The average Bonchev–Trinajstić information content (AvgIpc) is 3.49. The lowest BCUT2D eigenvalue weighted by Crippen LogP contribution is -2.48. The Balaban J connectivity index is 1.58. The van der Waals surface area contributed by atoms with Gasteiger partial charge in [0, 0.05) is 57.5 Å². The van der Waals surface area contributed by atoms with Gasteiger partial charge in [-0.1, -0.05) is 6.92 Å². The minimum absolute atomic E-state index is 0.110. The van der Waals surface area contributed by atoms with E-state index in [1.165, 1.54) is 12.8 Å².